The van der Waals surface area contributed by atoms with Crippen molar-refractivity contribution in [3.8, 4) is 11.5 Å². The van der Waals surface area contributed by atoms with E-state index >= 15 is 0 Å². The maximum Gasteiger partial charge on any atom is 0.323 e. The smallest absolute Gasteiger partial charge is 0.323 e. The van der Waals surface area contributed by atoms with Crippen LogP contribution in [0.15, 0.2) is 67.0 Å². The lowest BCUT2D eigenvalue weighted by Gasteiger charge is -2.11. The molecule has 0 bridgehead atoms. The zero-order chi connectivity index (χ0) is 21.8. The molecule has 2 aromatic carbocycles. The molecule has 4 rings (SSSR count). The average Bonchev–Trinajstić information content (AvgIpc) is 3.13. The first-order chi connectivity index (χ1) is 15.0. The largest absolute Gasteiger partial charge is 0.457 e. The lowest BCUT2D eigenvalue weighted by Crippen LogP contribution is -2.19. The van der Waals surface area contributed by atoms with Crippen LogP contribution < -0.4 is 20.7 Å². The fraction of sp³-hybridized carbons (Fsp3) is 0.0909. The molecule has 0 unspecified atom stereocenters. The standard InChI is InChI=1S/C22H20N6O3/c1-23-21(29)19-12-18(8-9-24-19)31-17-5-3-4-15(10-17)26-22(30)27-16-7-6-14-13-25-28(2)20(14)11-16/h3-13H,1-2H3,(H,23,29)(H2,26,27,30). The number of fused-ring (bicyclic) bond motifs is 1. The Morgan fingerprint density at radius 2 is 1.74 bits per heavy atom. The van der Waals surface area contributed by atoms with E-state index in [2.05, 4.69) is 26.0 Å². The maximum atomic E-state index is 12.4. The van der Waals surface area contributed by atoms with Gasteiger partial charge in [0.1, 0.15) is 17.2 Å². The molecule has 0 aliphatic heterocycles. The number of carbonyl (C=O) groups is 2. The Bertz CT molecular complexity index is 1270. The summed E-state index contributed by atoms with van der Waals surface area (Å²) in [5.74, 6) is 0.657. The van der Waals surface area contributed by atoms with Gasteiger partial charge in [0.25, 0.3) is 5.91 Å². The Kier molecular flexibility index (Phi) is 5.48. The normalized spacial score (nSPS) is 10.5. The van der Waals surface area contributed by atoms with Gasteiger partial charge in [0.2, 0.25) is 0 Å². The quantitative estimate of drug-likeness (QED) is 0.459. The first-order valence-corrected chi connectivity index (χ1v) is 9.47. The molecule has 0 aliphatic carbocycles. The number of ether oxygens (including phenoxy) is 1. The van der Waals surface area contributed by atoms with Gasteiger partial charge in [0.05, 0.1) is 11.7 Å². The highest BCUT2D eigenvalue weighted by Gasteiger charge is 2.09. The molecular weight excluding hydrogens is 396 g/mol. The number of aromatic nitrogens is 3. The topological polar surface area (TPSA) is 110 Å². The molecule has 3 N–H and O–H groups in total. The van der Waals surface area contributed by atoms with Crippen molar-refractivity contribution in [3.63, 3.8) is 0 Å². The van der Waals surface area contributed by atoms with Crippen LogP contribution in [0.25, 0.3) is 10.9 Å². The van der Waals surface area contributed by atoms with E-state index in [0.717, 1.165) is 10.9 Å². The first-order valence-electron chi connectivity index (χ1n) is 9.47. The van der Waals surface area contributed by atoms with Gasteiger partial charge in [-0.3, -0.25) is 14.5 Å². The zero-order valence-corrected chi connectivity index (χ0v) is 16.9. The summed E-state index contributed by atoms with van der Waals surface area (Å²) in [7, 11) is 3.38. The number of benzene rings is 2. The molecule has 0 aliphatic rings. The minimum atomic E-state index is -0.385. The molecule has 2 aromatic heterocycles. The number of hydrogen-bond acceptors (Lipinski definition) is 5. The molecule has 0 radical (unpaired) electrons. The summed E-state index contributed by atoms with van der Waals surface area (Å²) in [6, 6.07) is 15.3. The number of hydrogen-bond donors (Lipinski definition) is 3. The van der Waals surface area contributed by atoms with E-state index in [1.165, 1.54) is 13.2 Å². The summed E-state index contributed by atoms with van der Waals surface area (Å²) in [4.78, 5) is 28.2. The second kappa shape index (κ2) is 8.54. The molecular formula is C22H20N6O3. The van der Waals surface area contributed by atoms with Crippen LogP contribution in [0.4, 0.5) is 16.2 Å². The molecule has 156 valence electrons. The van der Waals surface area contributed by atoms with Crippen molar-refractivity contribution in [1.82, 2.24) is 20.1 Å². The Morgan fingerprint density at radius 3 is 2.55 bits per heavy atom. The van der Waals surface area contributed by atoms with Gasteiger partial charge in [-0.1, -0.05) is 6.07 Å². The van der Waals surface area contributed by atoms with Crippen molar-refractivity contribution in [2.24, 2.45) is 7.05 Å². The van der Waals surface area contributed by atoms with E-state index in [9.17, 15) is 9.59 Å². The Labute approximate surface area is 178 Å². The molecule has 0 atom stereocenters. The lowest BCUT2D eigenvalue weighted by molar-refractivity contribution is 0.0958. The minimum absolute atomic E-state index is 0.249. The van der Waals surface area contributed by atoms with Crippen molar-refractivity contribution in [1.29, 1.82) is 0 Å². The van der Waals surface area contributed by atoms with Gasteiger partial charge in [-0.15, -0.1) is 0 Å². The molecule has 3 amide bonds. The number of urea groups is 1. The van der Waals surface area contributed by atoms with E-state index in [4.69, 9.17) is 4.74 Å². The summed E-state index contributed by atoms with van der Waals surface area (Å²) >= 11 is 0. The number of amides is 3. The van der Waals surface area contributed by atoms with Crippen molar-refractivity contribution < 1.29 is 14.3 Å². The zero-order valence-electron chi connectivity index (χ0n) is 16.9. The molecule has 0 spiro atoms. The van der Waals surface area contributed by atoms with Crippen molar-refractivity contribution >= 4 is 34.2 Å². The third kappa shape index (κ3) is 4.61. The van der Waals surface area contributed by atoms with Gasteiger partial charge in [-0.25, -0.2) is 4.79 Å². The van der Waals surface area contributed by atoms with Crippen molar-refractivity contribution in [3.05, 3.63) is 72.7 Å². The molecule has 0 saturated carbocycles. The van der Waals surface area contributed by atoms with Crippen LogP contribution in [0.5, 0.6) is 11.5 Å². The second-order valence-corrected chi connectivity index (χ2v) is 6.71. The summed E-state index contributed by atoms with van der Waals surface area (Å²) in [5.41, 5.74) is 2.37. The highest BCUT2D eigenvalue weighted by molar-refractivity contribution is 6.01. The van der Waals surface area contributed by atoms with Gasteiger partial charge in [-0.05, 0) is 36.4 Å². The van der Waals surface area contributed by atoms with E-state index in [1.54, 1.807) is 47.3 Å². The Balaban J connectivity index is 1.43. The van der Waals surface area contributed by atoms with E-state index in [-0.39, 0.29) is 17.6 Å². The highest BCUT2D eigenvalue weighted by atomic mass is 16.5. The summed E-state index contributed by atoms with van der Waals surface area (Å²) < 4.78 is 7.55. The van der Waals surface area contributed by atoms with Gasteiger partial charge >= 0.3 is 6.03 Å². The van der Waals surface area contributed by atoms with Crippen LogP contribution in [0.1, 0.15) is 10.5 Å². The number of carbonyl (C=O) groups excluding carboxylic acids is 2. The molecule has 31 heavy (non-hydrogen) atoms. The van der Waals surface area contributed by atoms with Crippen LogP contribution in [-0.4, -0.2) is 33.8 Å². The number of nitrogens with zero attached hydrogens (tertiary/aromatic N) is 3. The molecule has 0 fully saturated rings. The van der Waals surface area contributed by atoms with E-state index < -0.39 is 0 Å². The monoisotopic (exact) mass is 416 g/mol. The number of aryl methyl sites for hydroxylation is 1. The SMILES string of the molecule is CNC(=O)c1cc(Oc2cccc(NC(=O)Nc3ccc4cnn(C)c4c3)c2)ccn1. The van der Waals surface area contributed by atoms with Crippen LogP contribution in [0.3, 0.4) is 0 Å². The van der Waals surface area contributed by atoms with E-state index in [0.29, 0.717) is 22.9 Å². The van der Waals surface area contributed by atoms with Crippen molar-refractivity contribution in [2.75, 3.05) is 17.7 Å². The van der Waals surface area contributed by atoms with Crippen LogP contribution >= 0.6 is 0 Å². The third-order valence-electron chi connectivity index (χ3n) is 4.53. The summed E-state index contributed by atoms with van der Waals surface area (Å²) in [6.07, 6.45) is 3.26. The van der Waals surface area contributed by atoms with Gasteiger partial charge in [-0.2, -0.15) is 5.10 Å². The lowest BCUT2D eigenvalue weighted by atomic mass is 10.2. The maximum absolute atomic E-state index is 12.4. The number of nitrogens with one attached hydrogen (secondary N) is 3. The van der Waals surface area contributed by atoms with Gasteiger partial charge in [0.15, 0.2) is 0 Å². The number of rotatable bonds is 5. The predicted molar refractivity (Wildman–Crippen MR) is 117 cm³/mol. The van der Waals surface area contributed by atoms with Crippen LogP contribution in [0, 0.1) is 0 Å². The number of pyridine rings is 1. The Morgan fingerprint density at radius 1 is 0.968 bits per heavy atom. The summed E-state index contributed by atoms with van der Waals surface area (Å²) in [5, 5.41) is 13.3. The van der Waals surface area contributed by atoms with Gasteiger partial charge in [0, 0.05) is 49.2 Å². The molecule has 9 heteroatoms. The number of anilines is 2. The summed E-state index contributed by atoms with van der Waals surface area (Å²) in [6.45, 7) is 0. The minimum Gasteiger partial charge on any atom is -0.457 e. The van der Waals surface area contributed by atoms with Gasteiger partial charge < -0.3 is 20.7 Å². The molecule has 4 aromatic rings. The first kappa shape index (κ1) is 19.9. The molecule has 2 heterocycles. The second-order valence-electron chi connectivity index (χ2n) is 6.71. The van der Waals surface area contributed by atoms with Crippen molar-refractivity contribution in [2.45, 2.75) is 0 Å². The highest BCUT2D eigenvalue weighted by Crippen LogP contribution is 2.25. The van der Waals surface area contributed by atoms with Crippen LogP contribution in [0.2, 0.25) is 0 Å². The van der Waals surface area contributed by atoms with Crippen LogP contribution in [-0.2, 0) is 7.05 Å². The fourth-order valence-electron chi connectivity index (χ4n) is 3.02. The fourth-order valence-corrected chi connectivity index (χ4v) is 3.02. The molecule has 9 nitrogen and oxygen atoms in total. The van der Waals surface area contributed by atoms with E-state index in [1.807, 2.05) is 25.2 Å². The predicted octanol–water partition coefficient (Wildman–Crippen LogP) is 3.76. The Hall–Kier alpha value is -4.40. The molecule has 0 saturated heterocycles. The average molecular weight is 416 g/mol. The third-order valence-corrected chi connectivity index (χ3v) is 4.53.